The van der Waals surface area contributed by atoms with Gasteiger partial charge in [0.15, 0.2) is 0 Å². The van der Waals surface area contributed by atoms with Gasteiger partial charge in [0.1, 0.15) is 0 Å². The summed E-state index contributed by atoms with van der Waals surface area (Å²) in [5.41, 5.74) is 3.47. The maximum Gasteiger partial charge on any atom is 0.0794 e. The van der Waals surface area contributed by atoms with Crippen LogP contribution < -0.4 is 10.2 Å². The number of hydrogen-bond donors (Lipinski definition) is 2. The second-order valence-corrected chi connectivity index (χ2v) is 7.74. The Hall–Kier alpha value is -1.06. The number of anilines is 1. The molecule has 0 spiro atoms. The van der Waals surface area contributed by atoms with Gasteiger partial charge in [0, 0.05) is 30.9 Å². The van der Waals surface area contributed by atoms with Crippen molar-refractivity contribution in [1.29, 1.82) is 0 Å². The van der Waals surface area contributed by atoms with Crippen LogP contribution in [0.5, 0.6) is 0 Å². The zero-order valence-corrected chi connectivity index (χ0v) is 14.2. The summed E-state index contributed by atoms with van der Waals surface area (Å²) in [6.07, 6.45) is 1.95. The minimum Gasteiger partial charge on any atom is -0.388 e. The monoisotopic (exact) mass is 290 g/mol. The first-order valence-electron chi connectivity index (χ1n) is 7.98. The highest BCUT2D eigenvalue weighted by molar-refractivity contribution is 5.51. The molecular weight excluding hydrogens is 260 g/mol. The van der Waals surface area contributed by atoms with E-state index in [9.17, 15) is 5.11 Å². The van der Waals surface area contributed by atoms with Crippen LogP contribution in [0.1, 0.15) is 51.7 Å². The minimum absolute atomic E-state index is 0.136. The van der Waals surface area contributed by atoms with Gasteiger partial charge in [-0.15, -0.1) is 0 Å². The van der Waals surface area contributed by atoms with Crippen molar-refractivity contribution in [2.45, 2.75) is 65.1 Å². The number of piperidine rings is 1. The molecule has 2 rings (SSSR count). The minimum atomic E-state index is -0.557. The van der Waals surface area contributed by atoms with E-state index in [1.54, 1.807) is 0 Å². The predicted molar refractivity (Wildman–Crippen MR) is 89.8 cm³/mol. The van der Waals surface area contributed by atoms with Gasteiger partial charge in [0.2, 0.25) is 0 Å². The molecule has 1 aliphatic rings. The second kappa shape index (κ2) is 5.98. The van der Waals surface area contributed by atoms with Gasteiger partial charge in [-0.2, -0.15) is 0 Å². The van der Waals surface area contributed by atoms with Crippen molar-refractivity contribution in [3.63, 3.8) is 0 Å². The summed E-state index contributed by atoms with van der Waals surface area (Å²) >= 11 is 0. The number of hydrogen-bond acceptors (Lipinski definition) is 3. The van der Waals surface area contributed by atoms with E-state index in [4.69, 9.17) is 0 Å². The van der Waals surface area contributed by atoms with Gasteiger partial charge in [-0.25, -0.2) is 0 Å². The van der Waals surface area contributed by atoms with Crippen molar-refractivity contribution >= 4 is 5.69 Å². The van der Waals surface area contributed by atoms with Crippen LogP contribution in [0.2, 0.25) is 0 Å². The van der Waals surface area contributed by atoms with E-state index < -0.39 is 5.60 Å². The van der Waals surface area contributed by atoms with Gasteiger partial charge < -0.3 is 15.3 Å². The first-order valence-corrected chi connectivity index (χ1v) is 7.98. The molecule has 1 aromatic rings. The van der Waals surface area contributed by atoms with E-state index in [2.05, 4.69) is 56.1 Å². The van der Waals surface area contributed by atoms with E-state index in [-0.39, 0.29) is 5.54 Å². The third kappa shape index (κ3) is 4.72. The first kappa shape index (κ1) is 16.3. The van der Waals surface area contributed by atoms with Crippen LogP contribution in [0.15, 0.2) is 18.2 Å². The van der Waals surface area contributed by atoms with Gasteiger partial charge in [0.05, 0.1) is 5.60 Å². The van der Waals surface area contributed by atoms with Gasteiger partial charge >= 0.3 is 0 Å². The molecule has 1 fully saturated rings. The normalized spacial score (nSPS) is 23.4. The topological polar surface area (TPSA) is 35.5 Å². The standard InChI is InChI=1S/C18H30N2O/c1-14-11-16(20-10-6-9-18(5,21)13-20)8-7-15(14)12-19-17(2,3)4/h7-8,11,19,21H,6,9-10,12-13H2,1-5H3. The Bertz CT molecular complexity index is 488. The highest BCUT2D eigenvalue weighted by Gasteiger charge is 2.28. The molecule has 0 saturated carbocycles. The molecule has 1 heterocycles. The Labute approximate surface area is 129 Å². The number of β-amino-alcohol motifs (C(OH)–C–C–N with tert-alkyl or cyclic N) is 1. The zero-order valence-electron chi connectivity index (χ0n) is 14.2. The summed E-state index contributed by atoms with van der Waals surface area (Å²) < 4.78 is 0. The summed E-state index contributed by atoms with van der Waals surface area (Å²) in [5.74, 6) is 0. The molecule has 0 aliphatic carbocycles. The number of nitrogens with one attached hydrogen (secondary N) is 1. The molecule has 1 saturated heterocycles. The number of benzene rings is 1. The van der Waals surface area contributed by atoms with Crippen molar-refractivity contribution < 1.29 is 5.11 Å². The fraction of sp³-hybridized carbons (Fsp3) is 0.667. The smallest absolute Gasteiger partial charge is 0.0794 e. The summed E-state index contributed by atoms with van der Waals surface area (Å²) in [4.78, 5) is 2.30. The Morgan fingerprint density at radius 2 is 2.05 bits per heavy atom. The lowest BCUT2D eigenvalue weighted by Crippen LogP contribution is -2.46. The summed E-state index contributed by atoms with van der Waals surface area (Å²) in [5, 5.41) is 13.8. The van der Waals surface area contributed by atoms with Crippen LogP contribution >= 0.6 is 0 Å². The molecule has 118 valence electrons. The average Bonchev–Trinajstić information content (AvgIpc) is 2.35. The fourth-order valence-corrected chi connectivity index (χ4v) is 2.88. The molecule has 1 unspecified atom stereocenters. The van der Waals surface area contributed by atoms with E-state index in [1.807, 2.05) is 6.92 Å². The number of rotatable bonds is 3. The Morgan fingerprint density at radius 3 is 2.62 bits per heavy atom. The molecule has 1 aromatic carbocycles. The lowest BCUT2D eigenvalue weighted by Gasteiger charge is -2.38. The first-order chi connectivity index (χ1) is 9.66. The van der Waals surface area contributed by atoms with Crippen molar-refractivity contribution in [3.05, 3.63) is 29.3 Å². The van der Waals surface area contributed by atoms with Crippen molar-refractivity contribution in [3.8, 4) is 0 Å². The van der Waals surface area contributed by atoms with Crippen LogP contribution in [0.25, 0.3) is 0 Å². The molecule has 1 aliphatic heterocycles. The van der Waals surface area contributed by atoms with E-state index in [0.717, 1.165) is 32.5 Å². The lowest BCUT2D eigenvalue weighted by atomic mass is 9.94. The van der Waals surface area contributed by atoms with Crippen molar-refractivity contribution in [2.24, 2.45) is 0 Å². The van der Waals surface area contributed by atoms with Gasteiger partial charge in [-0.3, -0.25) is 0 Å². The molecular formula is C18H30N2O. The van der Waals surface area contributed by atoms with Gasteiger partial charge in [0.25, 0.3) is 0 Å². The van der Waals surface area contributed by atoms with E-state index >= 15 is 0 Å². The Morgan fingerprint density at radius 1 is 1.33 bits per heavy atom. The van der Waals surface area contributed by atoms with Crippen LogP contribution in [-0.4, -0.2) is 29.3 Å². The molecule has 21 heavy (non-hydrogen) atoms. The summed E-state index contributed by atoms with van der Waals surface area (Å²) in [6.45, 7) is 13.3. The number of nitrogens with zero attached hydrogens (tertiary/aromatic N) is 1. The average molecular weight is 290 g/mol. The SMILES string of the molecule is Cc1cc(N2CCCC(C)(O)C2)ccc1CNC(C)(C)C. The second-order valence-electron chi connectivity index (χ2n) is 7.74. The van der Waals surface area contributed by atoms with E-state index in [1.165, 1.54) is 16.8 Å². The lowest BCUT2D eigenvalue weighted by molar-refractivity contribution is 0.0449. The highest BCUT2D eigenvalue weighted by atomic mass is 16.3. The molecule has 0 bridgehead atoms. The predicted octanol–water partition coefficient (Wildman–Crippen LogP) is 3.23. The van der Waals surface area contributed by atoms with Gasteiger partial charge in [-0.1, -0.05) is 6.07 Å². The van der Waals surface area contributed by atoms with Crippen molar-refractivity contribution in [2.75, 3.05) is 18.0 Å². The molecule has 1 atom stereocenters. The molecule has 2 N–H and O–H groups in total. The molecule has 0 aromatic heterocycles. The molecule has 3 nitrogen and oxygen atoms in total. The third-order valence-electron chi connectivity index (χ3n) is 4.18. The van der Waals surface area contributed by atoms with Crippen molar-refractivity contribution in [1.82, 2.24) is 5.32 Å². The maximum absolute atomic E-state index is 10.3. The third-order valence-corrected chi connectivity index (χ3v) is 4.18. The largest absolute Gasteiger partial charge is 0.388 e. The summed E-state index contributed by atoms with van der Waals surface area (Å²) in [7, 11) is 0. The molecule has 0 amide bonds. The van der Waals surface area contributed by atoms with Gasteiger partial charge in [-0.05, 0) is 70.7 Å². The van der Waals surface area contributed by atoms with Crippen LogP contribution in [0, 0.1) is 6.92 Å². The maximum atomic E-state index is 10.3. The molecule has 3 heteroatoms. The molecule has 0 radical (unpaired) electrons. The highest BCUT2D eigenvalue weighted by Crippen LogP contribution is 2.27. The van der Waals surface area contributed by atoms with Crippen LogP contribution in [0.3, 0.4) is 0 Å². The Kier molecular flexibility index (Phi) is 4.64. The van der Waals surface area contributed by atoms with E-state index in [0.29, 0.717) is 0 Å². The quantitative estimate of drug-likeness (QED) is 0.897. The Balaban J connectivity index is 2.08. The van der Waals surface area contributed by atoms with Crippen LogP contribution in [-0.2, 0) is 6.54 Å². The number of aliphatic hydroxyl groups is 1. The fourth-order valence-electron chi connectivity index (χ4n) is 2.88. The number of aryl methyl sites for hydroxylation is 1. The zero-order chi connectivity index (χ0) is 15.7. The van der Waals surface area contributed by atoms with Crippen LogP contribution in [0.4, 0.5) is 5.69 Å². The summed E-state index contributed by atoms with van der Waals surface area (Å²) in [6, 6.07) is 6.65.